The van der Waals surface area contributed by atoms with Crippen molar-refractivity contribution in [3.8, 4) is 0 Å². The highest BCUT2D eigenvalue weighted by atomic mass is 32.2. The number of nitrogens with zero attached hydrogens (tertiary/aromatic N) is 4. The average Bonchev–Trinajstić information content (AvgIpc) is 3.32. The molecule has 0 radical (unpaired) electrons. The molecule has 2 aliphatic heterocycles. The molecule has 0 bridgehead atoms. The smallest absolute Gasteiger partial charge is 0.159 e. The molecule has 4 aromatic carbocycles. The van der Waals surface area contributed by atoms with Crippen molar-refractivity contribution in [3.05, 3.63) is 177 Å². The minimum atomic E-state index is -3.26. The number of nitrogens with one attached hydrogen (secondary N) is 2. The molecule has 6 aromatic rings. The zero-order valence-corrected chi connectivity index (χ0v) is 46.4. The summed E-state index contributed by atoms with van der Waals surface area (Å²) in [5.41, 5.74) is 12.1. The Hall–Kier alpha value is -5.47. The molecule has 8 rings (SSSR count). The molecule has 0 unspecified atom stereocenters. The summed E-state index contributed by atoms with van der Waals surface area (Å²) in [6, 6.07) is 33.9. The van der Waals surface area contributed by atoms with Gasteiger partial charge in [-0.1, -0.05) is 66.7 Å². The van der Waals surface area contributed by atoms with E-state index in [9.17, 15) is 21.2 Å². The number of likely N-dealkylation sites (tertiary alicyclic amines) is 2. The maximum atomic E-state index is 15.0. The van der Waals surface area contributed by atoms with Gasteiger partial charge in [0.1, 0.15) is 17.5 Å². The van der Waals surface area contributed by atoms with Gasteiger partial charge < -0.3 is 20.4 Å². The predicted molar refractivity (Wildman–Crippen MR) is 300 cm³/mol. The van der Waals surface area contributed by atoms with E-state index in [4.69, 9.17) is 0 Å². The number of hydrogen-bond acceptors (Lipinski definition) is 10. The Bertz CT molecular complexity index is 3060. The molecule has 2 fully saturated rings. The van der Waals surface area contributed by atoms with Crippen LogP contribution in [0.25, 0.3) is 0 Å². The van der Waals surface area contributed by atoms with Crippen LogP contribution in [0.5, 0.6) is 0 Å². The topological polar surface area (TPSA) is 125 Å². The van der Waals surface area contributed by atoms with Gasteiger partial charge in [0.05, 0.1) is 21.0 Å². The minimum absolute atomic E-state index is 0.0194. The molecular weight excluding hydrogens is 952 g/mol. The van der Waals surface area contributed by atoms with Crippen LogP contribution in [0.2, 0.25) is 0 Å². The van der Waals surface area contributed by atoms with Crippen LogP contribution in [-0.4, -0.2) is 86.4 Å². The van der Waals surface area contributed by atoms with Crippen LogP contribution in [0.3, 0.4) is 0 Å². The van der Waals surface area contributed by atoms with Crippen molar-refractivity contribution in [1.29, 1.82) is 0 Å². The summed E-state index contributed by atoms with van der Waals surface area (Å²) in [5.74, 6) is 2.28. The highest BCUT2D eigenvalue weighted by Gasteiger charge is 2.30. The van der Waals surface area contributed by atoms with Crippen molar-refractivity contribution in [1.82, 2.24) is 19.8 Å². The van der Waals surface area contributed by atoms with Gasteiger partial charge in [-0.3, -0.25) is 0 Å². The molecular formula is C60H77FN6O4S2. The summed E-state index contributed by atoms with van der Waals surface area (Å²) in [6.07, 6.45) is 9.48. The number of piperidine rings is 2. The van der Waals surface area contributed by atoms with Gasteiger partial charge in [0, 0.05) is 23.8 Å². The number of pyridine rings is 2. The van der Waals surface area contributed by atoms with E-state index < -0.39 is 29.2 Å². The Balaban J connectivity index is 0.000000214. The van der Waals surface area contributed by atoms with Gasteiger partial charge in [-0.05, 0) is 238 Å². The van der Waals surface area contributed by atoms with Crippen molar-refractivity contribution in [3.63, 3.8) is 0 Å². The van der Waals surface area contributed by atoms with Crippen LogP contribution in [-0.2, 0) is 44.0 Å². The normalized spacial score (nSPS) is 15.7. The number of aromatic nitrogens is 2. The van der Waals surface area contributed by atoms with E-state index in [0.717, 1.165) is 101 Å². The van der Waals surface area contributed by atoms with Crippen molar-refractivity contribution in [2.24, 2.45) is 0 Å². The van der Waals surface area contributed by atoms with E-state index in [1.165, 1.54) is 24.0 Å². The first-order chi connectivity index (χ1) is 34.4. The Morgan fingerprint density at radius 1 is 0.548 bits per heavy atom. The largest absolute Gasteiger partial charge is 0.340 e. The molecule has 73 heavy (non-hydrogen) atoms. The summed E-state index contributed by atoms with van der Waals surface area (Å²) in [5, 5.41) is 6.71. The number of hydrogen-bond donors (Lipinski definition) is 2. The van der Waals surface area contributed by atoms with E-state index in [2.05, 4.69) is 87.8 Å². The van der Waals surface area contributed by atoms with Crippen LogP contribution in [0.15, 0.2) is 116 Å². The third-order valence-corrected chi connectivity index (χ3v) is 19.7. The fourth-order valence-electron chi connectivity index (χ4n) is 9.35. The summed E-state index contributed by atoms with van der Waals surface area (Å²) >= 11 is 0. The third kappa shape index (κ3) is 15.1. The molecule has 0 aliphatic carbocycles. The van der Waals surface area contributed by atoms with E-state index in [0.29, 0.717) is 23.8 Å². The standard InChI is InChI=1S/C30H38FN3O2S.C30H39N3O2S/c1-21-19-32-29(33-26-9-10-27(28(31)18-26)24-11-13-34(5)14-12-24)17-25(21)16-22-7-6-8-23(15-22)20-37(35,36)30(2,3)4;1-22-20-31-29(32-28-11-9-25(10-12-28)26-13-15-33(5)16-14-26)19-27(22)18-23-7-6-8-24(17-23)21-36(34,35)30(2,3)4/h6-10,15,17-19,24H,11-14,16,20H2,1-5H3,(H,32,33);6-12,17,19-20,26H,13-16,18,21H2,1-5H3,(H,31,32). The van der Waals surface area contributed by atoms with E-state index in [1.807, 2.05) is 80.0 Å². The SMILES string of the molecule is Cc1cnc(Nc2ccc(C3CCN(C)CC3)c(F)c2)cc1Cc1cccc(CS(=O)(=O)C(C)(C)C)c1.Cc1cnc(Nc2ccc(C3CCN(C)CC3)cc2)cc1Cc1cccc(CS(=O)(=O)C(C)(C)C)c1. The van der Waals surface area contributed by atoms with Gasteiger partial charge in [-0.2, -0.15) is 0 Å². The lowest BCUT2D eigenvalue weighted by Gasteiger charge is -2.29. The van der Waals surface area contributed by atoms with Crippen LogP contribution in [0, 0.1) is 19.7 Å². The predicted octanol–water partition coefficient (Wildman–Crippen LogP) is 12.6. The van der Waals surface area contributed by atoms with Crippen molar-refractivity contribution < 1.29 is 21.2 Å². The fraction of sp³-hybridized carbons (Fsp3) is 0.433. The van der Waals surface area contributed by atoms with Crippen LogP contribution in [0.4, 0.5) is 27.4 Å². The van der Waals surface area contributed by atoms with Gasteiger partial charge in [0.15, 0.2) is 19.7 Å². The first-order valence-electron chi connectivity index (χ1n) is 25.7. The lowest BCUT2D eigenvalue weighted by atomic mass is 9.89. The third-order valence-electron chi connectivity index (χ3n) is 14.6. The Kier molecular flexibility index (Phi) is 17.7. The number of aryl methyl sites for hydroxylation is 2. The average molecular weight is 1030 g/mol. The number of benzene rings is 4. The van der Waals surface area contributed by atoms with Crippen molar-refractivity contribution in [2.75, 3.05) is 50.9 Å². The maximum absolute atomic E-state index is 15.0. The lowest BCUT2D eigenvalue weighted by molar-refractivity contribution is 0.253. The zero-order valence-electron chi connectivity index (χ0n) is 44.7. The van der Waals surface area contributed by atoms with E-state index >= 15 is 0 Å². The first-order valence-corrected chi connectivity index (χ1v) is 29.0. The molecule has 2 N–H and O–H groups in total. The Labute approximate surface area is 436 Å². The van der Waals surface area contributed by atoms with E-state index in [1.54, 1.807) is 47.6 Å². The number of sulfone groups is 2. The summed E-state index contributed by atoms with van der Waals surface area (Å²) < 4.78 is 64.1. The molecule has 4 heterocycles. The molecule has 2 aliphatic rings. The fourth-order valence-corrected chi connectivity index (χ4v) is 11.5. The van der Waals surface area contributed by atoms with Crippen LogP contribution >= 0.6 is 0 Å². The van der Waals surface area contributed by atoms with Gasteiger partial charge in [0.2, 0.25) is 0 Å². The number of halogens is 1. The summed E-state index contributed by atoms with van der Waals surface area (Å²) in [7, 11) is -2.18. The second-order valence-corrected chi connectivity index (χ2v) is 28.0. The van der Waals surface area contributed by atoms with Gasteiger partial charge in [-0.25, -0.2) is 31.2 Å². The van der Waals surface area contributed by atoms with Crippen molar-refractivity contribution >= 4 is 42.7 Å². The van der Waals surface area contributed by atoms with E-state index in [-0.39, 0.29) is 23.2 Å². The van der Waals surface area contributed by atoms with Crippen molar-refractivity contribution in [2.45, 2.75) is 127 Å². The second-order valence-electron chi connectivity index (χ2n) is 22.5. The molecule has 0 spiro atoms. The Morgan fingerprint density at radius 2 is 0.959 bits per heavy atom. The molecule has 0 saturated carbocycles. The molecule has 2 aromatic heterocycles. The quantitative estimate of drug-likeness (QED) is 0.109. The molecule has 13 heteroatoms. The first kappa shape index (κ1) is 55.3. The molecule has 390 valence electrons. The highest BCUT2D eigenvalue weighted by molar-refractivity contribution is 7.92. The summed E-state index contributed by atoms with van der Waals surface area (Å²) in [6.45, 7) is 18.8. The number of rotatable bonds is 14. The van der Waals surface area contributed by atoms with Crippen LogP contribution < -0.4 is 10.6 Å². The highest BCUT2D eigenvalue weighted by Crippen LogP contribution is 2.33. The van der Waals surface area contributed by atoms with Gasteiger partial charge in [0.25, 0.3) is 0 Å². The molecule has 10 nitrogen and oxygen atoms in total. The maximum Gasteiger partial charge on any atom is 0.159 e. The van der Waals surface area contributed by atoms with Gasteiger partial charge >= 0.3 is 0 Å². The zero-order chi connectivity index (χ0) is 52.7. The second kappa shape index (κ2) is 23.4. The monoisotopic (exact) mass is 1030 g/mol. The molecule has 0 amide bonds. The van der Waals surface area contributed by atoms with Gasteiger partial charge in [-0.15, -0.1) is 0 Å². The lowest BCUT2D eigenvalue weighted by Crippen LogP contribution is -2.29. The Morgan fingerprint density at radius 3 is 1.40 bits per heavy atom. The molecule has 0 atom stereocenters. The molecule has 2 saturated heterocycles. The van der Waals surface area contributed by atoms with Crippen LogP contribution in [0.1, 0.15) is 135 Å². The summed E-state index contributed by atoms with van der Waals surface area (Å²) in [4.78, 5) is 13.8. The number of anilines is 4. The minimum Gasteiger partial charge on any atom is -0.340 e.